The van der Waals surface area contributed by atoms with Gasteiger partial charge in [0, 0.05) is 19.2 Å². The lowest BCUT2D eigenvalue weighted by Crippen LogP contribution is -2.40. The average molecular weight is 456 g/mol. The number of rotatable bonds is 8. The number of methoxy groups -OCH3 is 2. The van der Waals surface area contributed by atoms with Crippen molar-refractivity contribution < 1.29 is 23.4 Å². The van der Waals surface area contributed by atoms with Crippen molar-refractivity contribution >= 4 is 16.8 Å². The van der Waals surface area contributed by atoms with Crippen molar-refractivity contribution in [2.75, 3.05) is 40.5 Å². The Kier molecular flexibility index (Phi) is 6.95. The van der Waals surface area contributed by atoms with Gasteiger partial charge >= 0.3 is 0 Å². The lowest BCUT2D eigenvalue weighted by atomic mass is 10.2. The molecule has 1 aliphatic rings. The van der Waals surface area contributed by atoms with Crippen molar-refractivity contribution in [3.05, 3.63) is 52.5 Å². The van der Waals surface area contributed by atoms with Gasteiger partial charge in [-0.15, -0.1) is 0 Å². The van der Waals surface area contributed by atoms with E-state index in [0.29, 0.717) is 53.7 Å². The van der Waals surface area contributed by atoms with Crippen LogP contribution in [0.3, 0.4) is 0 Å². The van der Waals surface area contributed by atoms with Gasteiger partial charge in [0.1, 0.15) is 18.1 Å². The van der Waals surface area contributed by atoms with Crippen molar-refractivity contribution in [2.45, 2.75) is 26.1 Å². The van der Waals surface area contributed by atoms with Crippen LogP contribution < -0.4 is 20.3 Å². The van der Waals surface area contributed by atoms with Gasteiger partial charge in [-0.2, -0.15) is 0 Å². The van der Waals surface area contributed by atoms with Gasteiger partial charge in [-0.05, 0) is 25.1 Å². The normalized spacial score (nSPS) is 15.4. The lowest BCUT2D eigenvalue weighted by Gasteiger charge is -2.27. The molecule has 0 spiro atoms. The number of hydrogen-bond acceptors (Lipinski definition) is 8. The summed E-state index contributed by atoms with van der Waals surface area (Å²) in [5.74, 6) is 1.73. The number of hydrogen-bond donors (Lipinski definition) is 1. The van der Waals surface area contributed by atoms with Crippen molar-refractivity contribution in [1.29, 1.82) is 0 Å². The molecular weight excluding hydrogens is 428 g/mol. The van der Waals surface area contributed by atoms with Crippen LogP contribution in [0.25, 0.3) is 10.9 Å². The van der Waals surface area contributed by atoms with Crippen LogP contribution in [0, 0.1) is 0 Å². The molecule has 0 saturated carbocycles. The monoisotopic (exact) mass is 456 g/mol. The summed E-state index contributed by atoms with van der Waals surface area (Å²) >= 11 is 0. The van der Waals surface area contributed by atoms with Crippen LogP contribution in [0.1, 0.15) is 24.6 Å². The van der Waals surface area contributed by atoms with E-state index in [-0.39, 0.29) is 24.1 Å². The molecule has 2 aromatic heterocycles. The molecule has 1 saturated heterocycles. The Bertz CT molecular complexity index is 1170. The van der Waals surface area contributed by atoms with Gasteiger partial charge in [-0.1, -0.05) is 0 Å². The number of morpholine rings is 1. The molecule has 3 aromatic rings. The van der Waals surface area contributed by atoms with Crippen LogP contribution in [-0.2, 0) is 22.6 Å². The van der Waals surface area contributed by atoms with Crippen molar-refractivity contribution in [1.82, 2.24) is 19.8 Å². The third kappa shape index (κ3) is 5.01. The molecule has 1 aliphatic heterocycles. The van der Waals surface area contributed by atoms with Crippen LogP contribution in [0.2, 0.25) is 0 Å². The first-order valence-electron chi connectivity index (χ1n) is 10.8. The van der Waals surface area contributed by atoms with Gasteiger partial charge in [-0.3, -0.25) is 19.1 Å². The fourth-order valence-electron chi connectivity index (χ4n) is 3.88. The van der Waals surface area contributed by atoms with E-state index in [1.54, 1.807) is 30.5 Å². The quantitative estimate of drug-likeness (QED) is 0.546. The van der Waals surface area contributed by atoms with Gasteiger partial charge in [0.15, 0.2) is 11.5 Å². The fraction of sp³-hybridized carbons (Fsp3) is 0.435. The first kappa shape index (κ1) is 22.8. The second-order valence-corrected chi connectivity index (χ2v) is 7.84. The second kappa shape index (κ2) is 10.1. The Morgan fingerprint density at radius 3 is 2.61 bits per heavy atom. The predicted octanol–water partition coefficient (Wildman–Crippen LogP) is 1.72. The maximum Gasteiger partial charge on any atom is 0.262 e. The van der Waals surface area contributed by atoms with E-state index in [0.717, 1.165) is 13.1 Å². The molecule has 10 heteroatoms. The number of carbonyl (C=O) groups excluding carboxylic acids is 1. The molecule has 4 rings (SSSR count). The molecule has 3 heterocycles. The van der Waals surface area contributed by atoms with E-state index in [1.165, 1.54) is 18.8 Å². The zero-order chi connectivity index (χ0) is 23.4. The number of nitrogens with one attached hydrogen (secondary N) is 1. The summed E-state index contributed by atoms with van der Waals surface area (Å²) < 4.78 is 22.9. The molecule has 1 N–H and O–H groups in total. The van der Waals surface area contributed by atoms with E-state index in [9.17, 15) is 9.59 Å². The number of amides is 1. The van der Waals surface area contributed by atoms with Crippen LogP contribution in [0.5, 0.6) is 11.5 Å². The third-order valence-electron chi connectivity index (χ3n) is 5.66. The second-order valence-electron chi connectivity index (χ2n) is 7.84. The maximum absolute atomic E-state index is 13.5. The summed E-state index contributed by atoms with van der Waals surface area (Å²) in [6.45, 7) is 4.76. The largest absolute Gasteiger partial charge is 0.493 e. The Morgan fingerprint density at radius 2 is 1.94 bits per heavy atom. The van der Waals surface area contributed by atoms with Gasteiger partial charge in [-0.25, -0.2) is 4.98 Å². The standard InChI is InChI=1S/C23H28N4O6/c1-15(18-5-4-8-33-18)24-22(28)14-27-21(13-26-6-9-32-10-7-26)25-17-12-20(31-3)19(30-2)11-16(17)23(27)29/h4-5,8,11-12,15H,6-7,9-10,13-14H2,1-3H3,(H,24,28). The first-order chi connectivity index (χ1) is 16.0. The molecule has 0 aliphatic carbocycles. The molecule has 1 aromatic carbocycles. The smallest absolute Gasteiger partial charge is 0.262 e. The molecule has 0 radical (unpaired) electrons. The highest BCUT2D eigenvalue weighted by Crippen LogP contribution is 2.30. The average Bonchev–Trinajstić information content (AvgIpc) is 3.37. The first-order valence-corrected chi connectivity index (χ1v) is 10.8. The molecule has 176 valence electrons. The van der Waals surface area contributed by atoms with Crippen LogP contribution in [0.4, 0.5) is 0 Å². The summed E-state index contributed by atoms with van der Waals surface area (Å²) in [4.78, 5) is 33.2. The molecule has 10 nitrogen and oxygen atoms in total. The molecule has 1 fully saturated rings. The highest BCUT2D eigenvalue weighted by atomic mass is 16.5. The molecule has 1 atom stereocenters. The molecular formula is C23H28N4O6. The zero-order valence-electron chi connectivity index (χ0n) is 19.0. The fourth-order valence-corrected chi connectivity index (χ4v) is 3.88. The number of ether oxygens (including phenoxy) is 3. The minimum absolute atomic E-state index is 0.166. The van der Waals surface area contributed by atoms with Crippen molar-refractivity contribution in [2.24, 2.45) is 0 Å². The number of carbonyl (C=O) groups is 1. The summed E-state index contributed by atoms with van der Waals surface area (Å²) in [6.07, 6.45) is 1.55. The van der Waals surface area contributed by atoms with E-state index < -0.39 is 0 Å². The maximum atomic E-state index is 13.5. The predicted molar refractivity (Wildman–Crippen MR) is 120 cm³/mol. The molecule has 1 amide bonds. The van der Waals surface area contributed by atoms with E-state index in [2.05, 4.69) is 10.2 Å². The van der Waals surface area contributed by atoms with E-state index in [4.69, 9.17) is 23.6 Å². The van der Waals surface area contributed by atoms with Gasteiger partial charge in [0.2, 0.25) is 5.91 Å². The molecule has 0 bridgehead atoms. The number of benzene rings is 1. The zero-order valence-corrected chi connectivity index (χ0v) is 19.0. The van der Waals surface area contributed by atoms with Crippen LogP contribution in [0.15, 0.2) is 39.7 Å². The summed E-state index contributed by atoms with van der Waals surface area (Å²) in [5, 5.41) is 3.23. The minimum atomic E-state index is -0.330. The van der Waals surface area contributed by atoms with Crippen LogP contribution >= 0.6 is 0 Å². The highest BCUT2D eigenvalue weighted by molar-refractivity contribution is 5.82. The summed E-state index contributed by atoms with van der Waals surface area (Å²) in [7, 11) is 3.04. The topological polar surface area (TPSA) is 108 Å². The Labute approximate surface area is 191 Å². The number of aromatic nitrogens is 2. The van der Waals surface area contributed by atoms with E-state index >= 15 is 0 Å². The van der Waals surface area contributed by atoms with Gasteiger partial charge < -0.3 is 23.9 Å². The Morgan fingerprint density at radius 1 is 1.21 bits per heavy atom. The number of nitrogens with zero attached hydrogens (tertiary/aromatic N) is 3. The molecule has 33 heavy (non-hydrogen) atoms. The van der Waals surface area contributed by atoms with Crippen molar-refractivity contribution in [3.8, 4) is 11.5 Å². The lowest BCUT2D eigenvalue weighted by molar-refractivity contribution is -0.122. The summed E-state index contributed by atoms with van der Waals surface area (Å²) in [5.41, 5.74) is 0.173. The van der Waals surface area contributed by atoms with Gasteiger partial charge in [0.05, 0.1) is 57.2 Å². The SMILES string of the molecule is COc1cc2nc(CN3CCOCC3)n(CC(=O)NC(C)c3ccco3)c(=O)c2cc1OC. The minimum Gasteiger partial charge on any atom is -0.493 e. The Hall–Kier alpha value is -3.37. The summed E-state index contributed by atoms with van der Waals surface area (Å²) in [6, 6.07) is 6.50. The Balaban J connectivity index is 1.70. The van der Waals surface area contributed by atoms with Gasteiger partial charge in [0.25, 0.3) is 5.56 Å². The van der Waals surface area contributed by atoms with E-state index in [1.807, 2.05) is 6.92 Å². The third-order valence-corrected chi connectivity index (χ3v) is 5.66. The highest BCUT2D eigenvalue weighted by Gasteiger charge is 2.21. The number of furan rings is 1. The molecule has 1 unspecified atom stereocenters. The van der Waals surface area contributed by atoms with Crippen LogP contribution in [-0.4, -0.2) is 60.9 Å². The van der Waals surface area contributed by atoms with Crippen molar-refractivity contribution in [3.63, 3.8) is 0 Å². The number of fused-ring (bicyclic) bond motifs is 1.